The summed E-state index contributed by atoms with van der Waals surface area (Å²) < 4.78 is 0. The summed E-state index contributed by atoms with van der Waals surface area (Å²) in [6.45, 7) is 1.30. The maximum absolute atomic E-state index is 13.2. The Morgan fingerprint density at radius 3 is 1.96 bits per heavy atom. The predicted molar refractivity (Wildman–Crippen MR) is 103 cm³/mol. The number of rotatable bonds is 4. The Labute approximate surface area is 152 Å². The molecule has 2 aromatic rings. The second kappa shape index (κ2) is 7.26. The number of amides is 2. The summed E-state index contributed by atoms with van der Waals surface area (Å²) >= 11 is 0. The highest BCUT2D eigenvalue weighted by atomic mass is 16.2. The molecule has 1 fully saturated rings. The van der Waals surface area contributed by atoms with Gasteiger partial charge in [0.05, 0.1) is 11.1 Å². The fourth-order valence-electron chi connectivity index (χ4n) is 3.04. The fraction of sp³-hybridized carbons (Fsp3) is 0.211. The Bertz CT molecular complexity index is 845. The lowest BCUT2D eigenvalue weighted by molar-refractivity contribution is -0.115. The van der Waals surface area contributed by atoms with Gasteiger partial charge in [-0.1, -0.05) is 6.07 Å². The van der Waals surface area contributed by atoms with Crippen LogP contribution in [-0.2, 0) is 0 Å². The Morgan fingerprint density at radius 1 is 0.808 bits per heavy atom. The number of hydrogen-bond donors (Lipinski definition) is 4. The zero-order valence-corrected chi connectivity index (χ0v) is 14.6. The number of carbonyl (C=O) groups excluding carboxylic acids is 1. The van der Waals surface area contributed by atoms with Crippen LogP contribution in [0.5, 0.6) is 0 Å². The molecule has 0 spiro atoms. The zero-order valence-electron chi connectivity index (χ0n) is 14.6. The quantitative estimate of drug-likeness (QED) is 0.409. The van der Waals surface area contributed by atoms with Gasteiger partial charge >= 0.3 is 6.03 Å². The van der Waals surface area contributed by atoms with Crippen LogP contribution in [0.1, 0.15) is 24.0 Å². The molecule has 0 atom stereocenters. The van der Waals surface area contributed by atoms with Crippen molar-refractivity contribution in [3.63, 3.8) is 0 Å². The molecule has 2 aromatic carbocycles. The van der Waals surface area contributed by atoms with Crippen LogP contribution >= 0.6 is 0 Å². The number of carbonyl (C=O) groups is 1. The molecule has 8 N–H and O–H groups in total. The number of nitrogens with two attached hydrogens (primary N) is 4. The van der Waals surface area contributed by atoms with Crippen molar-refractivity contribution in [3.05, 3.63) is 59.7 Å². The van der Waals surface area contributed by atoms with E-state index in [-0.39, 0.29) is 17.7 Å². The molecule has 0 bridgehead atoms. The van der Waals surface area contributed by atoms with E-state index in [0.717, 1.165) is 29.8 Å². The monoisotopic (exact) mass is 352 g/mol. The molecular weight excluding hydrogens is 328 g/mol. The molecule has 1 aliphatic heterocycles. The minimum atomic E-state index is -0.0762. The van der Waals surface area contributed by atoms with E-state index in [1.54, 1.807) is 9.80 Å². The van der Waals surface area contributed by atoms with Crippen molar-refractivity contribution >= 4 is 29.1 Å². The second-order valence-electron chi connectivity index (χ2n) is 6.30. The maximum Gasteiger partial charge on any atom is 0.328 e. The van der Waals surface area contributed by atoms with Crippen molar-refractivity contribution in [1.82, 2.24) is 0 Å². The average molecular weight is 352 g/mol. The SMILES string of the molecule is NC(=[NH2+])c1ccc(N2CCCCN(c3cccc(C(N)=[NH2+])c3)C2=O)cc1. The zero-order chi connectivity index (χ0) is 18.7. The molecule has 2 amide bonds. The smallest absolute Gasteiger partial charge is 0.294 e. The maximum atomic E-state index is 13.2. The van der Waals surface area contributed by atoms with Crippen LogP contribution in [0, 0.1) is 0 Å². The largest absolute Gasteiger partial charge is 0.328 e. The van der Waals surface area contributed by atoms with E-state index in [9.17, 15) is 4.79 Å². The molecular formula is C19H24N6O+2. The molecule has 7 nitrogen and oxygen atoms in total. The summed E-state index contributed by atoms with van der Waals surface area (Å²) in [6, 6.07) is 14.7. The van der Waals surface area contributed by atoms with Gasteiger partial charge in [-0.2, -0.15) is 0 Å². The molecule has 1 aliphatic rings. The first-order chi connectivity index (χ1) is 12.5. The first kappa shape index (κ1) is 17.5. The molecule has 0 unspecified atom stereocenters. The van der Waals surface area contributed by atoms with E-state index in [4.69, 9.17) is 22.3 Å². The summed E-state index contributed by atoms with van der Waals surface area (Å²) in [5, 5.41) is 11.3. The van der Waals surface area contributed by atoms with Crippen LogP contribution in [-0.4, -0.2) is 30.8 Å². The van der Waals surface area contributed by atoms with Crippen molar-refractivity contribution < 1.29 is 15.6 Å². The van der Waals surface area contributed by atoms with Gasteiger partial charge < -0.3 is 0 Å². The van der Waals surface area contributed by atoms with Gasteiger partial charge in [-0.05, 0) is 55.3 Å². The highest BCUT2D eigenvalue weighted by Crippen LogP contribution is 2.25. The summed E-state index contributed by atoms with van der Waals surface area (Å²) in [4.78, 5) is 16.7. The molecule has 26 heavy (non-hydrogen) atoms. The molecule has 1 saturated heterocycles. The van der Waals surface area contributed by atoms with Gasteiger partial charge in [0.1, 0.15) is 0 Å². The van der Waals surface area contributed by atoms with Crippen molar-refractivity contribution in [3.8, 4) is 0 Å². The molecule has 1 heterocycles. The third-order valence-corrected chi connectivity index (χ3v) is 4.48. The molecule has 0 aromatic heterocycles. The number of urea groups is 1. The van der Waals surface area contributed by atoms with Crippen LogP contribution in [0.4, 0.5) is 16.2 Å². The summed E-state index contributed by atoms with van der Waals surface area (Å²) in [5.41, 5.74) is 14.4. The summed E-state index contributed by atoms with van der Waals surface area (Å²) in [5.74, 6) is 0.491. The lowest BCUT2D eigenvalue weighted by atomic mass is 10.1. The first-order valence-corrected chi connectivity index (χ1v) is 8.53. The van der Waals surface area contributed by atoms with Gasteiger partial charge in [0.2, 0.25) is 0 Å². The average Bonchev–Trinajstić information content (AvgIpc) is 2.83. The highest BCUT2D eigenvalue weighted by Gasteiger charge is 2.26. The van der Waals surface area contributed by atoms with Gasteiger partial charge in [-0.15, -0.1) is 0 Å². The number of nitrogens with zero attached hydrogens (tertiary/aromatic N) is 2. The number of anilines is 2. The van der Waals surface area contributed by atoms with Crippen LogP contribution in [0.2, 0.25) is 0 Å². The second-order valence-corrected chi connectivity index (χ2v) is 6.30. The van der Waals surface area contributed by atoms with Gasteiger partial charge in [-0.3, -0.25) is 32.1 Å². The molecule has 3 rings (SSSR count). The minimum Gasteiger partial charge on any atom is -0.294 e. The lowest BCUT2D eigenvalue weighted by Crippen LogP contribution is -2.46. The van der Waals surface area contributed by atoms with E-state index >= 15 is 0 Å². The van der Waals surface area contributed by atoms with Crippen molar-refractivity contribution in [1.29, 1.82) is 0 Å². The van der Waals surface area contributed by atoms with Gasteiger partial charge in [0.15, 0.2) is 0 Å². The number of hydrogen-bond acceptors (Lipinski definition) is 1. The van der Waals surface area contributed by atoms with Crippen LogP contribution in [0.25, 0.3) is 0 Å². The summed E-state index contributed by atoms with van der Waals surface area (Å²) in [6.07, 6.45) is 1.83. The third-order valence-electron chi connectivity index (χ3n) is 4.48. The molecule has 0 aliphatic carbocycles. The van der Waals surface area contributed by atoms with Crippen LogP contribution < -0.4 is 32.1 Å². The first-order valence-electron chi connectivity index (χ1n) is 8.53. The van der Waals surface area contributed by atoms with Gasteiger partial charge in [-0.25, -0.2) is 4.79 Å². The number of amidine groups is 2. The van der Waals surface area contributed by atoms with Crippen molar-refractivity contribution in [2.75, 3.05) is 22.9 Å². The molecule has 0 radical (unpaired) electrons. The number of benzene rings is 2. The van der Waals surface area contributed by atoms with Gasteiger partial charge in [0.25, 0.3) is 11.7 Å². The van der Waals surface area contributed by atoms with Crippen molar-refractivity contribution in [2.45, 2.75) is 12.8 Å². The van der Waals surface area contributed by atoms with E-state index in [2.05, 4.69) is 0 Å². The van der Waals surface area contributed by atoms with E-state index in [1.807, 2.05) is 48.5 Å². The lowest BCUT2D eigenvalue weighted by Gasteiger charge is -2.28. The Balaban J connectivity index is 1.91. The normalized spacial score (nSPS) is 14.8. The fourth-order valence-corrected chi connectivity index (χ4v) is 3.04. The topological polar surface area (TPSA) is 127 Å². The van der Waals surface area contributed by atoms with Crippen LogP contribution in [0.3, 0.4) is 0 Å². The molecule has 134 valence electrons. The standard InChI is InChI=1S/C19H22N6O/c20-17(21)13-6-8-15(9-7-13)24-10-1-2-11-25(19(24)26)16-5-3-4-14(12-16)18(22)23/h3-9,12H,1-2,10-11H2,(H3,20,21)(H3,22,23)/p+2. The van der Waals surface area contributed by atoms with Crippen LogP contribution in [0.15, 0.2) is 48.5 Å². The van der Waals surface area contributed by atoms with E-state index < -0.39 is 0 Å². The Kier molecular flexibility index (Phi) is 4.88. The van der Waals surface area contributed by atoms with Crippen molar-refractivity contribution in [2.24, 2.45) is 11.5 Å². The van der Waals surface area contributed by atoms with E-state index in [1.165, 1.54) is 0 Å². The van der Waals surface area contributed by atoms with Gasteiger partial charge in [0, 0.05) is 24.5 Å². The Morgan fingerprint density at radius 2 is 1.38 bits per heavy atom. The third kappa shape index (κ3) is 3.51. The Hall–Kier alpha value is -3.35. The molecule has 0 saturated carbocycles. The van der Waals surface area contributed by atoms with E-state index in [0.29, 0.717) is 18.7 Å². The molecule has 7 heteroatoms. The minimum absolute atomic E-state index is 0.0762. The predicted octanol–water partition coefficient (Wildman–Crippen LogP) is -1.16. The highest BCUT2D eigenvalue weighted by molar-refractivity contribution is 6.05. The summed E-state index contributed by atoms with van der Waals surface area (Å²) in [7, 11) is 0.